The summed E-state index contributed by atoms with van der Waals surface area (Å²) in [5, 5.41) is 0.861. The molecule has 2 aromatic carbocycles. The summed E-state index contributed by atoms with van der Waals surface area (Å²) in [4.78, 5) is 11.2. The maximum Gasteiger partial charge on any atom is 0.389 e. The Morgan fingerprint density at radius 2 is 1.94 bits per heavy atom. The highest BCUT2D eigenvalue weighted by Gasteiger charge is 2.33. The first-order valence-electron chi connectivity index (χ1n) is 9.89. The van der Waals surface area contributed by atoms with Crippen LogP contribution < -0.4 is 4.74 Å². The minimum Gasteiger partial charge on any atom is -0.493 e. The van der Waals surface area contributed by atoms with Gasteiger partial charge in [-0.1, -0.05) is 37.8 Å². The molecular weight excluding hydrogens is 409 g/mol. The fourth-order valence-electron chi connectivity index (χ4n) is 3.27. The third-order valence-electron chi connectivity index (χ3n) is 4.79. The topological polar surface area (TPSA) is 48.7 Å². The molecule has 1 unspecified atom stereocenters. The van der Waals surface area contributed by atoms with E-state index in [0.29, 0.717) is 11.3 Å². The van der Waals surface area contributed by atoms with Crippen molar-refractivity contribution in [2.45, 2.75) is 25.9 Å². The normalized spacial score (nSPS) is 12.5. The first-order valence-corrected chi connectivity index (χ1v) is 9.89. The van der Waals surface area contributed by atoms with E-state index in [4.69, 9.17) is 13.9 Å². The summed E-state index contributed by atoms with van der Waals surface area (Å²) in [6.07, 6.45) is -3.76. The number of fused-ring (bicyclic) bond motifs is 1. The molecule has 0 radical (unpaired) electrons. The Hall–Kier alpha value is -3.22. The lowest BCUT2D eigenvalue weighted by molar-refractivity contribution is -0.157. The molecule has 0 fully saturated rings. The fraction of sp³-hybridized carbons (Fsp3) is 0.292. The minimum atomic E-state index is -4.40. The third-order valence-corrected chi connectivity index (χ3v) is 4.79. The van der Waals surface area contributed by atoms with Crippen LogP contribution in [-0.2, 0) is 16.0 Å². The van der Waals surface area contributed by atoms with Crippen molar-refractivity contribution in [3.8, 4) is 17.1 Å². The Kier molecular flexibility index (Phi) is 7.05. The summed E-state index contributed by atoms with van der Waals surface area (Å²) in [7, 11) is 0. The lowest BCUT2D eigenvalue weighted by atomic mass is 10.0. The number of hydrogen-bond donors (Lipinski definition) is 0. The van der Waals surface area contributed by atoms with Crippen LogP contribution in [0.15, 0.2) is 65.6 Å². The van der Waals surface area contributed by atoms with Crippen LogP contribution in [0.1, 0.15) is 18.9 Å². The van der Waals surface area contributed by atoms with Crippen molar-refractivity contribution in [2.24, 2.45) is 5.92 Å². The van der Waals surface area contributed by atoms with Gasteiger partial charge < -0.3 is 13.9 Å². The second-order valence-electron chi connectivity index (χ2n) is 7.15. The van der Waals surface area contributed by atoms with E-state index in [0.717, 1.165) is 34.8 Å². The molecule has 31 heavy (non-hydrogen) atoms. The van der Waals surface area contributed by atoms with E-state index in [9.17, 15) is 18.0 Å². The molecule has 1 aromatic heterocycles. The van der Waals surface area contributed by atoms with Gasteiger partial charge in [-0.05, 0) is 30.2 Å². The standard InChI is InChI=1S/C24H23F3O4/c1-3-17-7-5-6-8-20(17)22-11-18-9-10-19(12-21(18)31-22)29-14-16(13-24(25,26)27)15-30-23(28)4-2/h4-12,16H,2-3,13-15H2,1H3. The van der Waals surface area contributed by atoms with E-state index >= 15 is 0 Å². The number of rotatable bonds is 9. The first-order chi connectivity index (χ1) is 14.8. The summed E-state index contributed by atoms with van der Waals surface area (Å²) in [5.74, 6) is -0.720. The van der Waals surface area contributed by atoms with Gasteiger partial charge in [-0.3, -0.25) is 0 Å². The van der Waals surface area contributed by atoms with Crippen molar-refractivity contribution < 1.29 is 31.9 Å². The van der Waals surface area contributed by atoms with Crippen LogP contribution >= 0.6 is 0 Å². The molecule has 0 bridgehead atoms. The molecule has 3 aromatic rings. The zero-order valence-corrected chi connectivity index (χ0v) is 17.1. The highest BCUT2D eigenvalue weighted by atomic mass is 19.4. The molecule has 4 nitrogen and oxygen atoms in total. The predicted octanol–water partition coefficient (Wildman–Crippen LogP) is 6.34. The monoisotopic (exact) mass is 432 g/mol. The lowest BCUT2D eigenvalue weighted by Gasteiger charge is -2.19. The van der Waals surface area contributed by atoms with Crippen molar-refractivity contribution in [3.05, 3.63) is 66.7 Å². The van der Waals surface area contributed by atoms with E-state index < -0.39 is 31.1 Å². The van der Waals surface area contributed by atoms with E-state index in [1.54, 1.807) is 18.2 Å². The number of carbonyl (C=O) groups is 1. The minimum absolute atomic E-state index is 0.262. The Balaban J connectivity index is 1.74. The average Bonchev–Trinajstić information content (AvgIpc) is 3.17. The maximum atomic E-state index is 12.8. The zero-order chi connectivity index (χ0) is 22.4. The molecule has 0 aliphatic rings. The van der Waals surface area contributed by atoms with Gasteiger partial charge in [0.15, 0.2) is 0 Å². The quantitative estimate of drug-likeness (QED) is 0.292. The van der Waals surface area contributed by atoms with Crippen LogP contribution in [0.4, 0.5) is 13.2 Å². The fourth-order valence-corrected chi connectivity index (χ4v) is 3.27. The number of benzene rings is 2. The molecule has 3 rings (SSSR count). The third kappa shape index (κ3) is 6.13. The molecule has 1 heterocycles. The van der Waals surface area contributed by atoms with Gasteiger partial charge in [0.25, 0.3) is 0 Å². The molecule has 0 N–H and O–H groups in total. The van der Waals surface area contributed by atoms with Crippen LogP contribution in [-0.4, -0.2) is 25.4 Å². The van der Waals surface area contributed by atoms with Gasteiger partial charge in [-0.15, -0.1) is 0 Å². The Morgan fingerprint density at radius 1 is 1.16 bits per heavy atom. The number of furan rings is 1. The van der Waals surface area contributed by atoms with Gasteiger partial charge in [-0.2, -0.15) is 13.2 Å². The second-order valence-corrected chi connectivity index (χ2v) is 7.15. The van der Waals surface area contributed by atoms with E-state index in [2.05, 4.69) is 13.5 Å². The van der Waals surface area contributed by atoms with Crippen molar-refractivity contribution in [1.29, 1.82) is 0 Å². The van der Waals surface area contributed by atoms with Crippen molar-refractivity contribution in [3.63, 3.8) is 0 Å². The van der Waals surface area contributed by atoms with Gasteiger partial charge in [-0.25, -0.2) is 4.79 Å². The number of esters is 1. The average molecular weight is 432 g/mol. The van der Waals surface area contributed by atoms with Crippen LogP contribution in [0.25, 0.3) is 22.3 Å². The van der Waals surface area contributed by atoms with Gasteiger partial charge in [0, 0.05) is 29.0 Å². The molecule has 0 saturated heterocycles. The molecule has 0 spiro atoms. The Labute approximate surface area is 178 Å². The molecule has 0 saturated carbocycles. The van der Waals surface area contributed by atoms with Crippen LogP contribution in [0, 0.1) is 5.92 Å². The van der Waals surface area contributed by atoms with Gasteiger partial charge >= 0.3 is 12.1 Å². The number of ether oxygens (including phenoxy) is 2. The molecule has 0 amide bonds. The Morgan fingerprint density at radius 3 is 2.65 bits per heavy atom. The molecule has 164 valence electrons. The zero-order valence-electron chi connectivity index (χ0n) is 17.1. The summed E-state index contributed by atoms with van der Waals surface area (Å²) < 4.78 is 54.8. The largest absolute Gasteiger partial charge is 0.493 e. The summed E-state index contributed by atoms with van der Waals surface area (Å²) in [6.45, 7) is 4.62. The number of aryl methyl sites for hydroxylation is 1. The predicted molar refractivity (Wildman–Crippen MR) is 112 cm³/mol. The van der Waals surface area contributed by atoms with Gasteiger partial charge in [0.2, 0.25) is 0 Å². The first kappa shape index (κ1) is 22.5. The second kappa shape index (κ2) is 9.73. The van der Waals surface area contributed by atoms with E-state index in [-0.39, 0.29) is 6.61 Å². The van der Waals surface area contributed by atoms with Gasteiger partial charge in [0.05, 0.1) is 19.6 Å². The van der Waals surface area contributed by atoms with E-state index in [1.165, 1.54) is 0 Å². The summed E-state index contributed by atoms with van der Waals surface area (Å²) in [5.41, 5.74) is 2.73. The van der Waals surface area contributed by atoms with Crippen LogP contribution in [0.3, 0.4) is 0 Å². The highest BCUT2D eigenvalue weighted by Crippen LogP contribution is 2.33. The number of alkyl halides is 3. The van der Waals surface area contributed by atoms with Crippen LogP contribution in [0.5, 0.6) is 5.75 Å². The maximum absolute atomic E-state index is 12.8. The van der Waals surface area contributed by atoms with Crippen LogP contribution in [0.2, 0.25) is 0 Å². The SMILES string of the molecule is C=CC(=O)OCC(COc1ccc2cc(-c3ccccc3CC)oc2c1)CC(F)(F)F. The molecular formula is C24H23F3O4. The summed E-state index contributed by atoms with van der Waals surface area (Å²) >= 11 is 0. The van der Waals surface area contributed by atoms with E-state index in [1.807, 2.05) is 30.3 Å². The van der Waals surface area contributed by atoms with Crippen molar-refractivity contribution >= 4 is 16.9 Å². The smallest absolute Gasteiger partial charge is 0.389 e. The highest BCUT2D eigenvalue weighted by molar-refractivity contribution is 5.84. The molecule has 1 atom stereocenters. The summed E-state index contributed by atoms with van der Waals surface area (Å²) in [6, 6.07) is 15.0. The van der Waals surface area contributed by atoms with Crippen molar-refractivity contribution in [2.75, 3.05) is 13.2 Å². The molecule has 0 aliphatic heterocycles. The number of carbonyl (C=O) groups excluding carboxylic acids is 1. The van der Waals surface area contributed by atoms with Gasteiger partial charge in [0.1, 0.15) is 17.1 Å². The molecule has 7 heteroatoms. The number of halogens is 3. The lowest BCUT2D eigenvalue weighted by Crippen LogP contribution is -2.25. The molecule has 0 aliphatic carbocycles. The Bertz CT molecular complexity index is 1050. The van der Waals surface area contributed by atoms with Crippen molar-refractivity contribution in [1.82, 2.24) is 0 Å². The number of hydrogen-bond acceptors (Lipinski definition) is 4.